The summed E-state index contributed by atoms with van der Waals surface area (Å²) >= 11 is 14.4. The molecule has 112 valence electrons. The second-order valence-corrected chi connectivity index (χ2v) is 7.17. The summed E-state index contributed by atoms with van der Waals surface area (Å²) in [5.41, 5.74) is 5.33. The van der Waals surface area contributed by atoms with Crippen molar-refractivity contribution in [2.24, 2.45) is 10.7 Å². The number of rotatable bonds is 9. The fraction of sp³-hybridized carbons (Fsp3) is 0.600. The summed E-state index contributed by atoms with van der Waals surface area (Å²) < 4.78 is 1.21. The van der Waals surface area contributed by atoms with E-state index in [0.717, 1.165) is 0 Å². The van der Waals surface area contributed by atoms with Gasteiger partial charge < -0.3 is 0 Å². The number of thiol groups is 1. The second kappa shape index (κ2) is 10.7. The van der Waals surface area contributed by atoms with Gasteiger partial charge in [-0.3, -0.25) is 0 Å². The van der Waals surface area contributed by atoms with Gasteiger partial charge in [0, 0.05) is 0 Å². The van der Waals surface area contributed by atoms with E-state index in [4.69, 9.17) is 23.1 Å². The number of thiocarbonyl (C=S) groups is 1. The number of amides is 1. The Morgan fingerprint density at radius 2 is 2.05 bits per heavy atom. The van der Waals surface area contributed by atoms with Crippen molar-refractivity contribution in [1.29, 1.82) is 0 Å². The Morgan fingerprint density at radius 1 is 1.45 bits per heavy atom. The van der Waals surface area contributed by atoms with Crippen molar-refractivity contribution in [3.8, 4) is 0 Å². The Hall–Kier alpha value is 0.0490. The first-order valence-corrected chi connectivity index (χ1v) is 8.33. The molecule has 0 saturated heterocycles. The Kier molecular flexibility index (Phi) is 10.8. The van der Waals surface area contributed by atoms with Crippen LogP contribution in [0.15, 0.2) is 4.99 Å². The maximum atomic E-state index is 11.7. The van der Waals surface area contributed by atoms with Gasteiger partial charge in [0.25, 0.3) is 0 Å². The number of carboxylic acids is 1. The zero-order valence-corrected chi connectivity index (χ0v) is 15.6. The average Bonchev–Trinajstić information content (AvgIpc) is 2.38. The number of nitrogens with two attached hydrogens (primary N) is 1. The molecule has 0 aliphatic heterocycles. The Morgan fingerprint density at radius 3 is 2.50 bits per heavy atom. The molecule has 4 N–H and O–H groups in total. The molecule has 0 heterocycles. The molecule has 0 bridgehead atoms. The third-order valence-corrected chi connectivity index (χ3v) is 3.81. The van der Waals surface area contributed by atoms with Crippen LogP contribution < -0.4 is 11.1 Å². The second-order valence-electron chi connectivity index (χ2n) is 3.81. The molecule has 0 aliphatic rings. The summed E-state index contributed by atoms with van der Waals surface area (Å²) in [7, 11) is 0. The first-order chi connectivity index (χ1) is 9.27. The molecular formula is C10H15N3O3S2Se2. The number of nitrogens with zero attached hydrogens (tertiary/aromatic N) is 1. The van der Waals surface area contributed by atoms with Crippen LogP contribution in [0.4, 0.5) is 0 Å². The fourth-order valence-electron chi connectivity index (χ4n) is 1.11. The van der Waals surface area contributed by atoms with Gasteiger partial charge in [-0.25, -0.2) is 0 Å². The average molecular weight is 447 g/mol. The first-order valence-electron chi connectivity index (χ1n) is 5.57. The van der Waals surface area contributed by atoms with Crippen LogP contribution in [0.3, 0.4) is 0 Å². The van der Waals surface area contributed by atoms with Crippen LogP contribution in [-0.4, -0.2) is 81.8 Å². The summed E-state index contributed by atoms with van der Waals surface area (Å²) in [6, 6.07) is -1.40. The quantitative estimate of drug-likeness (QED) is 0.152. The summed E-state index contributed by atoms with van der Waals surface area (Å²) in [6.45, 7) is 0.349. The van der Waals surface area contributed by atoms with Crippen molar-refractivity contribution in [1.82, 2.24) is 5.32 Å². The number of hydrogen-bond donors (Lipinski definition) is 4. The number of hydrogen-bond acceptors (Lipinski definition) is 6. The van der Waals surface area contributed by atoms with Crippen molar-refractivity contribution in [2.45, 2.75) is 24.9 Å². The van der Waals surface area contributed by atoms with Gasteiger partial charge in [0.2, 0.25) is 0 Å². The van der Waals surface area contributed by atoms with E-state index in [-0.39, 0.29) is 24.8 Å². The van der Waals surface area contributed by atoms with Crippen molar-refractivity contribution < 1.29 is 14.7 Å². The van der Waals surface area contributed by atoms with Crippen LogP contribution in [0, 0.1) is 0 Å². The van der Waals surface area contributed by atoms with Crippen molar-refractivity contribution >= 4 is 77.1 Å². The van der Waals surface area contributed by atoms with Gasteiger partial charge in [0.05, 0.1) is 0 Å². The summed E-state index contributed by atoms with van der Waals surface area (Å²) in [5, 5.41) is 11.3. The Labute approximate surface area is 144 Å². The first kappa shape index (κ1) is 20.0. The predicted octanol–water partition coefficient (Wildman–Crippen LogP) is -1.34. The molecule has 1 amide bonds. The number of aliphatic imine (C=N–C) groups is 1. The van der Waals surface area contributed by atoms with Crippen molar-refractivity contribution in [3.63, 3.8) is 0 Å². The van der Waals surface area contributed by atoms with Gasteiger partial charge in [-0.05, 0) is 0 Å². The van der Waals surface area contributed by atoms with Crippen LogP contribution in [0.1, 0.15) is 12.8 Å². The Balaban J connectivity index is 4.35. The van der Waals surface area contributed by atoms with Gasteiger partial charge in [-0.1, -0.05) is 0 Å². The molecule has 0 rings (SSSR count). The van der Waals surface area contributed by atoms with Crippen molar-refractivity contribution in [3.05, 3.63) is 0 Å². The van der Waals surface area contributed by atoms with Gasteiger partial charge in [-0.15, -0.1) is 0 Å². The third kappa shape index (κ3) is 9.07. The molecule has 2 atom stereocenters. The molecule has 0 aromatic carbocycles. The van der Waals surface area contributed by atoms with Crippen LogP contribution in [0.25, 0.3) is 0 Å². The predicted molar refractivity (Wildman–Crippen MR) is 87.0 cm³/mol. The SMILES string of the molecule is NC(CCC(=O)NC(CS)C([Se])=NCC(=S)[Se])C(=O)O. The number of carboxylic acid groups (broad SMARTS) is 1. The van der Waals surface area contributed by atoms with Gasteiger partial charge in [-0.2, -0.15) is 0 Å². The zero-order chi connectivity index (χ0) is 15.7. The standard InChI is InChI=1S/C10H15N3O3S2Se2/c11-5(10(15)16)1-2-7(14)13-6(4-17)9(20)12-3-8(18)19/h5-6,17H,1-4,11H2,(H,13,14)(H,15,16). The van der Waals surface area contributed by atoms with Crippen LogP contribution in [-0.2, 0) is 9.59 Å². The molecule has 2 unspecified atom stereocenters. The van der Waals surface area contributed by atoms with Gasteiger partial charge in [0.1, 0.15) is 0 Å². The normalized spacial score (nSPS) is 14.4. The number of aliphatic carboxylic acids is 1. The molecule has 0 aliphatic carbocycles. The molecule has 20 heavy (non-hydrogen) atoms. The molecular weight excluding hydrogens is 432 g/mol. The van der Waals surface area contributed by atoms with E-state index in [9.17, 15) is 9.59 Å². The maximum absolute atomic E-state index is 11.7. The van der Waals surface area contributed by atoms with E-state index in [1.165, 1.54) is 0 Å². The molecule has 10 heteroatoms. The molecule has 0 spiro atoms. The van der Waals surface area contributed by atoms with E-state index >= 15 is 0 Å². The number of nitrogens with one attached hydrogen (secondary N) is 1. The van der Waals surface area contributed by atoms with Crippen molar-refractivity contribution in [2.75, 3.05) is 12.3 Å². The van der Waals surface area contributed by atoms with E-state index in [1.54, 1.807) is 0 Å². The minimum absolute atomic E-state index is 0.0327. The van der Waals surface area contributed by atoms with Crippen LogP contribution in [0.2, 0.25) is 0 Å². The fourth-order valence-corrected chi connectivity index (χ4v) is 2.29. The molecule has 0 saturated carbocycles. The van der Waals surface area contributed by atoms with Crippen LogP contribution in [0.5, 0.6) is 0 Å². The van der Waals surface area contributed by atoms with Crippen LogP contribution >= 0.6 is 24.8 Å². The summed E-state index contributed by atoms with van der Waals surface area (Å²) in [4.78, 5) is 26.4. The van der Waals surface area contributed by atoms with Gasteiger partial charge in [0.15, 0.2) is 0 Å². The molecule has 0 fully saturated rings. The third-order valence-electron chi connectivity index (χ3n) is 2.18. The summed E-state index contributed by atoms with van der Waals surface area (Å²) in [5.74, 6) is -1.06. The molecule has 6 nitrogen and oxygen atoms in total. The van der Waals surface area contributed by atoms with E-state index in [1.807, 2.05) is 0 Å². The monoisotopic (exact) mass is 449 g/mol. The zero-order valence-electron chi connectivity index (χ0n) is 10.4. The minimum atomic E-state index is -1.12. The topological polar surface area (TPSA) is 105 Å². The number of carbonyl (C=O) groups excluding carboxylic acids is 1. The van der Waals surface area contributed by atoms with E-state index < -0.39 is 12.0 Å². The Bertz CT molecular complexity index is 407. The molecule has 0 aromatic heterocycles. The van der Waals surface area contributed by atoms with E-state index in [0.29, 0.717) is 20.7 Å². The summed E-state index contributed by atoms with van der Waals surface area (Å²) in [6.07, 6.45) is 0.110. The molecule has 2 radical (unpaired) electrons. The van der Waals surface area contributed by atoms with Gasteiger partial charge >= 0.3 is 145 Å². The van der Waals surface area contributed by atoms with E-state index in [2.05, 4.69) is 55.0 Å². The number of carbonyl (C=O) groups is 2. The molecule has 0 aromatic rings.